The molecule has 0 N–H and O–H groups in total. The first-order valence-corrected chi connectivity index (χ1v) is 6.70. The molecule has 0 saturated carbocycles. The number of aromatic nitrogens is 2. The van der Waals surface area contributed by atoms with Gasteiger partial charge in [-0.05, 0) is 12.1 Å². The summed E-state index contributed by atoms with van der Waals surface area (Å²) in [7, 11) is -2.92. The second-order valence-electron chi connectivity index (χ2n) is 3.56. The van der Waals surface area contributed by atoms with Crippen molar-refractivity contribution in [2.75, 3.05) is 12.0 Å². The molecule has 80 valence electrons. The van der Waals surface area contributed by atoms with Crippen LogP contribution in [0.15, 0.2) is 30.6 Å². The Hall–Kier alpha value is -1.36. The van der Waals surface area contributed by atoms with Gasteiger partial charge >= 0.3 is 0 Å². The summed E-state index contributed by atoms with van der Waals surface area (Å²) in [6, 6.07) is 7.67. The van der Waals surface area contributed by atoms with Crippen LogP contribution in [0, 0.1) is 0 Å². The zero-order valence-electron chi connectivity index (χ0n) is 8.42. The van der Waals surface area contributed by atoms with Crippen molar-refractivity contribution in [1.29, 1.82) is 0 Å². The summed E-state index contributed by atoms with van der Waals surface area (Å²) in [6.45, 7) is 0.458. The van der Waals surface area contributed by atoms with Gasteiger partial charge in [-0.2, -0.15) is 0 Å². The second kappa shape index (κ2) is 3.66. The molecular weight excluding hydrogens is 212 g/mol. The zero-order valence-corrected chi connectivity index (χ0v) is 9.24. The van der Waals surface area contributed by atoms with E-state index < -0.39 is 9.84 Å². The molecule has 0 atom stereocenters. The van der Waals surface area contributed by atoms with Gasteiger partial charge in [0.25, 0.3) is 0 Å². The first-order valence-electron chi connectivity index (χ1n) is 4.64. The molecule has 0 aliphatic rings. The monoisotopic (exact) mass is 224 g/mol. The Morgan fingerprint density at radius 2 is 2.07 bits per heavy atom. The maximum atomic E-state index is 11.0. The highest BCUT2D eigenvalue weighted by Crippen LogP contribution is 2.11. The summed E-state index contributed by atoms with van der Waals surface area (Å²) in [5, 5.41) is 0. The molecule has 1 heterocycles. The number of sulfone groups is 1. The van der Waals surface area contributed by atoms with Crippen LogP contribution >= 0.6 is 0 Å². The molecule has 0 aliphatic heterocycles. The fraction of sp³-hybridized carbons (Fsp3) is 0.300. The van der Waals surface area contributed by atoms with Gasteiger partial charge in [0.2, 0.25) is 0 Å². The third-order valence-corrected chi connectivity index (χ3v) is 3.15. The second-order valence-corrected chi connectivity index (χ2v) is 5.82. The van der Waals surface area contributed by atoms with E-state index in [2.05, 4.69) is 4.98 Å². The summed E-state index contributed by atoms with van der Waals surface area (Å²) < 4.78 is 23.9. The average molecular weight is 224 g/mol. The van der Waals surface area contributed by atoms with Crippen LogP contribution in [0.4, 0.5) is 0 Å². The van der Waals surface area contributed by atoms with Gasteiger partial charge in [-0.1, -0.05) is 12.1 Å². The first kappa shape index (κ1) is 10.2. The number of rotatable bonds is 3. The van der Waals surface area contributed by atoms with Gasteiger partial charge in [0.15, 0.2) is 0 Å². The van der Waals surface area contributed by atoms with Crippen LogP contribution in [-0.2, 0) is 16.4 Å². The molecule has 5 heteroatoms. The lowest BCUT2D eigenvalue weighted by atomic mass is 10.3. The summed E-state index contributed by atoms with van der Waals surface area (Å²) in [6.07, 6.45) is 2.92. The number of benzene rings is 1. The molecule has 0 amide bonds. The van der Waals surface area contributed by atoms with Gasteiger partial charge in [-0.3, -0.25) is 0 Å². The molecule has 1 aromatic heterocycles. The Kier molecular flexibility index (Phi) is 2.48. The number of fused-ring (bicyclic) bond motifs is 1. The number of para-hydroxylation sites is 2. The quantitative estimate of drug-likeness (QED) is 0.784. The van der Waals surface area contributed by atoms with E-state index in [9.17, 15) is 8.42 Å². The molecule has 0 unspecified atom stereocenters. The summed E-state index contributed by atoms with van der Waals surface area (Å²) in [4.78, 5) is 4.19. The van der Waals surface area contributed by atoms with E-state index in [1.807, 2.05) is 28.8 Å². The third-order valence-electron chi connectivity index (χ3n) is 2.23. The van der Waals surface area contributed by atoms with E-state index >= 15 is 0 Å². The van der Waals surface area contributed by atoms with Crippen LogP contribution in [0.2, 0.25) is 0 Å². The molecule has 0 aliphatic carbocycles. The smallest absolute Gasteiger partial charge is 0.149 e. The first-order chi connectivity index (χ1) is 7.06. The van der Waals surface area contributed by atoms with E-state index in [0.717, 1.165) is 11.0 Å². The van der Waals surface area contributed by atoms with E-state index in [-0.39, 0.29) is 5.75 Å². The van der Waals surface area contributed by atoms with Gasteiger partial charge in [0.05, 0.1) is 23.1 Å². The highest BCUT2D eigenvalue weighted by atomic mass is 32.2. The highest BCUT2D eigenvalue weighted by molar-refractivity contribution is 7.90. The summed E-state index contributed by atoms with van der Waals surface area (Å²) in [5.41, 5.74) is 1.87. The summed E-state index contributed by atoms with van der Waals surface area (Å²) >= 11 is 0. The molecule has 0 radical (unpaired) electrons. The van der Waals surface area contributed by atoms with Crippen molar-refractivity contribution in [3.05, 3.63) is 30.6 Å². The molecule has 15 heavy (non-hydrogen) atoms. The SMILES string of the molecule is CS(=O)(=O)CCn1cnc2ccccc21. The third kappa shape index (κ3) is 2.36. The topological polar surface area (TPSA) is 52.0 Å². The number of hydrogen-bond donors (Lipinski definition) is 0. The molecule has 1 aromatic carbocycles. The standard InChI is InChI=1S/C10H12N2O2S/c1-15(13,14)7-6-12-8-11-9-4-2-3-5-10(9)12/h2-5,8H,6-7H2,1H3. The number of aryl methyl sites for hydroxylation is 1. The molecular formula is C10H12N2O2S. The van der Waals surface area contributed by atoms with E-state index in [1.54, 1.807) is 6.33 Å². The van der Waals surface area contributed by atoms with Crippen molar-refractivity contribution >= 4 is 20.9 Å². The van der Waals surface area contributed by atoms with Gasteiger partial charge < -0.3 is 4.57 Å². The van der Waals surface area contributed by atoms with Crippen LogP contribution in [-0.4, -0.2) is 30.0 Å². The van der Waals surface area contributed by atoms with Crippen molar-refractivity contribution in [3.63, 3.8) is 0 Å². The Morgan fingerprint density at radius 1 is 1.33 bits per heavy atom. The Morgan fingerprint density at radius 3 is 2.80 bits per heavy atom. The lowest BCUT2D eigenvalue weighted by molar-refractivity contribution is 0.595. The van der Waals surface area contributed by atoms with Crippen LogP contribution < -0.4 is 0 Å². The molecule has 0 spiro atoms. The lowest BCUT2D eigenvalue weighted by Crippen LogP contribution is -2.10. The lowest BCUT2D eigenvalue weighted by Gasteiger charge is -2.02. The normalized spacial score (nSPS) is 12.1. The molecule has 0 saturated heterocycles. The predicted molar refractivity (Wildman–Crippen MR) is 59.4 cm³/mol. The maximum Gasteiger partial charge on any atom is 0.149 e. The number of hydrogen-bond acceptors (Lipinski definition) is 3. The zero-order chi connectivity index (χ0) is 10.9. The van der Waals surface area contributed by atoms with Crippen LogP contribution in [0.3, 0.4) is 0 Å². The van der Waals surface area contributed by atoms with Crippen molar-refractivity contribution < 1.29 is 8.42 Å². The minimum Gasteiger partial charge on any atom is -0.330 e. The van der Waals surface area contributed by atoms with E-state index in [4.69, 9.17) is 0 Å². The fourth-order valence-corrected chi connectivity index (χ4v) is 1.98. The highest BCUT2D eigenvalue weighted by Gasteiger charge is 2.05. The molecule has 2 rings (SSSR count). The van der Waals surface area contributed by atoms with Gasteiger partial charge in [-0.15, -0.1) is 0 Å². The summed E-state index contributed by atoms with van der Waals surface area (Å²) in [5.74, 6) is 0.146. The molecule has 0 fully saturated rings. The fourth-order valence-electron chi connectivity index (χ4n) is 1.45. The average Bonchev–Trinajstić information content (AvgIpc) is 2.57. The van der Waals surface area contributed by atoms with Crippen LogP contribution in [0.25, 0.3) is 11.0 Å². The van der Waals surface area contributed by atoms with Gasteiger partial charge in [0, 0.05) is 12.8 Å². The van der Waals surface area contributed by atoms with Crippen LogP contribution in [0.1, 0.15) is 0 Å². The van der Waals surface area contributed by atoms with Gasteiger partial charge in [0.1, 0.15) is 9.84 Å². The van der Waals surface area contributed by atoms with Crippen molar-refractivity contribution in [2.24, 2.45) is 0 Å². The minimum absolute atomic E-state index is 0.146. The van der Waals surface area contributed by atoms with Crippen molar-refractivity contribution in [3.8, 4) is 0 Å². The number of nitrogens with zero attached hydrogens (tertiary/aromatic N) is 2. The van der Waals surface area contributed by atoms with Crippen molar-refractivity contribution in [2.45, 2.75) is 6.54 Å². The van der Waals surface area contributed by atoms with E-state index in [1.165, 1.54) is 6.26 Å². The maximum absolute atomic E-state index is 11.0. The molecule has 2 aromatic rings. The van der Waals surface area contributed by atoms with Crippen LogP contribution in [0.5, 0.6) is 0 Å². The Bertz CT molecular complexity index is 572. The number of imidazole rings is 1. The largest absolute Gasteiger partial charge is 0.330 e. The molecule has 0 bridgehead atoms. The van der Waals surface area contributed by atoms with Gasteiger partial charge in [-0.25, -0.2) is 13.4 Å². The predicted octanol–water partition coefficient (Wildman–Crippen LogP) is 1.08. The minimum atomic E-state index is -2.92. The molecule has 4 nitrogen and oxygen atoms in total. The van der Waals surface area contributed by atoms with E-state index in [0.29, 0.717) is 6.54 Å². The Balaban J connectivity index is 2.29. The van der Waals surface area contributed by atoms with Crippen molar-refractivity contribution in [1.82, 2.24) is 9.55 Å². The Labute approximate surface area is 88.5 Å².